The second-order valence-electron chi connectivity index (χ2n) is 2.56. The molecule has 1 atom stereocenters. The summed E-state index contributed by atoms with van der Waals surface area (Å²) in [5, 5.41) is 10.3. The maximum absolute atomic E-state index is 10.3. The molecule has 0 aromatic heterocycles. The minimum atomic E-state index is -0.478. The van der Waals surface area contributed by atoms with Gasteiger partial charge in [-0.2, -0.15) is 0 Å². The highest BCUT2D eigenvalue weighted by molar-refractivity contribution is 4.77. The minimum Gasteiger partial charge on any atom is -0.263 e. The van der Waals surface area contributed by atoms with Gasteiger partial charge in [-0.1, -0.05) is 0 Å². The molecule has 0 N–H and O–H groups in total. The lowest BCUT2D eigenvalue weighted by atomic mass is 10.1. The van der Waals surface area contributed by atoms with Gasteiger partial charge >= 0.3 is 0 Å². The maximum atomic E-state index is 10.3. The summed E-state index contributed by atoms with van der Waals surface area (Å²) >= 11 is 0. The third-order valence-corrected chi connectivity index (χ3v) is 1.82. The van der Waals surface area contributed by atoms with E-state index in [4.69, 9.17) is 0 Å². The molecule has 0 aliphatic carbocycles. The lowest BCUT2D eigenvalue weighted by Crippen LogP contribution is -2.41. The Labute approximate surface area is 60.0 Å². The van der Waals surface area contributed by atoms with Crippen molar-refractivity contribution in [2.24, 2.45) is 0 Å². The van der Waals surface area contributed by atoms with Crippen molar-refractivity contribution in [3.63, 3.8) is 0 Å². The van der Waals surface area contributed by atoms with Crippen LogP contribution in [0.2, 0.25) is 0 Å². The van der Waals surface area contributed by atoms with E-state index in [1.54, 1.807) is 11.9 Å². The zero-order chi connectivity index (χ0) is 7.56. The van der Waals surface area contributed by atoms with E-state index in [9.17, 15) is 10.1 Å². The molecule has 1 rings (SSSR count). The Morgan fingerprint density at radius 3 is 2.90 bits per heavy atom. The molecule has 4 heteroatoms. The largest absolute Gasteiger partial charge is 0.268 e. The third-order valence-electron chi connectivity index (χ3n) is 1.82. The van der Waals surface area contributed by atoms with E-state index in [-0.39, 0.29) is 4.92 Å². The van der Waals surface area contributed by atoms with Crippen LogP contribution >= 0.6 is 0 Å². The molecule has 1 saturated heterocycles. The zero-order valence-electron chi connectivity index (χ0n) is 5.99. The Bertz CT molecular complexity index is 138. The van der Waals surface area contributed by atoms with Gasteiger partial charge < -0.3 is 0 Å². The van der Waals surface area contributed by atoms with E-state index >= 15 is 0 Å². The van der Waals surface area contributed by atoms with Gasteiger partial charge in [-0.15, -0.1) is 0 Å². The van der Waals surface area contributed by atoms with E-state index in [0.717, 1.165) is 13.0 Å². The van der Waals surface area contributed by atoms with Crippen molar-refractivity contribution in [3.8, 4) is 0 Å². The van der Waals surface area contributed by atoms with Crippen molar-refractivity contribution in [3.05, 3.63) is 16.5 Å². The van der Waals surface area contributed by atoms with Gasteiger partial charge in [0.1, 0.15) is 0 Å². The molecule has 1 aliphatic heterocycles. The summed E-state index contributed by atoms with van der Waals surface area (Å²) in [7, 11) is 1.79. The standard InChI is InChI=1S/C6H11N2O2/c1-7-5-3-2-4-6(7)8(9)10/h2,6H,3-5H2,1H3. The van der Waals surface area contributed by atoms with E-state index in [2.05, 4.69) is 0 Å². The summed E-state index contributed by atoms with van der Waals surface area (Å²) in [6.45, 7) is 0.811. The molecule has 0 bridgehead atoms. The van der Waals surface area contributed by atoms with Crippen molar-refractivity contribution in [1.29, 1.82) is 0 Å². The molecule has 1 aliphatic rings. The van der Waals surface area contributed by atoms with Crippen LogP contribution < -0.4 is 0 Å². The van der Waals surface area contributed by atoms with Gasteiger partial charge in [0.05, 0.1) is 0 Å². The monoisotopic (exact) mass is 143 g/mol. The number of hydrogen-bond donors (Lipinski definition) is 0. The topological polar surface area (TPSA) is 46.4 Å². The molecule has 1 unspecified atom stereocenters. The van der Waals surface area contributed by atoms with Crippen LogP contribution in [-0.4, -0.2) is 29.6 Å². The van der Waals surface area contributed by atoms with Crippen LogP contribution in [0.1, 0.15) is 12.8 Å². The van der Waals surface area contributed by atoms with Gasteiger partial charge in [-0.25, -0.2) is 4.90 Å². The molecule has 0 aromatic rings. The first-order valence-corrected chi connectivity index (χ1v) is 3.37. The highest BCUT2D eigenvalue weighted by Gasteiger charge is 2.27. The number of piperidine rings is 1. The van der Waals surface area contributed by atoms with Crippen LogP contribution in [0.3, 0.4) is 0 Å². The molecule has 57 valence electrons. The predicted octanol–water partition coefficient (Wildman–Crippen LogP) is 0.519. The Kier molecular flexibility index (Phi) is 2.21. The first kappa shape index (κ1) is 7.47. The van der Waals surface area contributed by atoms with Crippen molar-refractivity contribution >= 4 is 0 Å². The summed E-state index contributed by atoms with van der Waals surface area (Å²) in [5.74, 6) is 0. The SMILES string of the molecule is CN1CC[CH]CC1[N+](=O)[O-]. The van der Waals surface area contributed by atoms with Crippen LogP contribution in [0.5, 0.6) is 0 Å². The first-order chi connectivity index (χ1) is 4.72. The maximum Gasteiger partial charge on any atom is 0.268 e. The number of nitrogens with zero attached hydrogens (tertiary/aromatic N) is 2. The summed E-state index contributed by atoms with van der Waals surface area (Å²) in [4.78, 5) is 11.9. The number of rotatable bonds is 1. The Morgan fingerprint density at radius 1 is 1.80 bits per heavy atom. The molecule has 0 saturated carbocycles. The second kappa shape index (κ2) is 2.96. The molecule has 10 heavy (non-hydrogen) atoms. The van der Waals surface area contributed by atoms with Crippen molar-refractivity contribution in [2.45, 2.75) is 19.0 Å². The molecule has 1 fully saturated rings. The molecule has 0 spiro atoms. The number of nitro groups is 1. The van der Waals surface area contributed by atoms with E-state index in [0.29, 0.717) is 6.42 Å². The van der Waals surface area contributed by atoms with Gasteiger partial charge in [0.2, 0.25) is 0 Å². The summed E-state index contributed by atoms with van der Waals surface area (Å²) < 4.78 is 0. The average molecular weight is 143 g/mol. The quantitative estimate of drug-likeness (QED) is 0.397. The highest BCUT2D eigenvalue weighted by Crippen LogP contribution is 2.13. The summed E-state index contributed by atoms with van der Waals surface area (Å²) in [6.07, 6.45) is 3.06. The normalized spacial score (nSPS) is 28.3. The Balaban J connectivity index is 2.47. The third kappa shape index (κ3) is 1.44. The van der Waals surface area contributed by atoms with Crippen LogP contribution in [-0.2, 0) is 0 Å². The predicted molar refractivity (Wildman–Crippen MR) is 36.9 cm³/mol. The fraction of sp³-hybridized carbons (Fsp3) is 0.833. The van der Waals surface area contributed by atoms with Crippen LogP contribution in [0.25, 0.3) is 0 Å². The van der Waals surface area contributed by atoms with E-state index < -0.39 is 6.17 Å². The first-order valence-electron chi connectivity index (χ1n) is 3.37. The van der Waals surface area contributed by atoms with E-state index in [1.807, 2.05) is 6.42 Å². The van der Waals surface area contributed by atoms with E-state index in [1.165, 1.54) is 0 Å². The van der Waals surface area contributed by atoms with Crippen LogP contribution in [0.15, 0.2) is 0 Å². The van der Waals surface area contributed by atoms with Gasteiger partial charge in [-0.3, -0.25) is 10.1 Å². The lowest BCUT2D eigenvalue weighted by molar-refractivity contribution is -0.550. The molecular formula is C6H11N2O2. The molecule has 0 aromatic carbocycles. The van der Waals surface area contributed by atoms with Crippen LogP contribution in [0.4, 0.5) is 0 Å². The van der Waals surface area contributed by atoms with Crippen molar-refractivity contribution in [2.75, 3.05) is 13.6 Å². The molecular weight excluding hydrogens is 132 g/mol. The lowest BCUT2D eigenvalue weighted by Gasteiger charge is -2.24. The molecule has 1 heterocycles. The number of likely N-dealkylation sites (tertiary alicyclic amines) is 1. The van der Waals surface area contributed by atoms with Crippen LogP contribution in [0, 0.1) is 16.5 Å². The second-order valence-corrected chi connectivity index (χ2v) is 2.56. The smallest absolute Gasteiger partial charge is 0.263 e. The molecule has 1 radical (unpaired) electrons. The Morgan fingerprint density at radius 2 is 2.50 bits per heavy atom. The van der Waals surface area contributed by atoms with Gasteiger partial charge in [0.15, 0.2) is 0 Å². The zero-order valence-corrected chi connectivity index (χ0v) is 5.99. The summed E-state index contributed by atoms with van der Waals surface area (Å²) in [6, 6.07) is 0. The average Bonchev–Trinajstić information content (AvgIpc) is 1.88. The minimum absolute atomic E-state index is 0.227. The number of hydrogen-bond acceptors (Lipinski definition) is 3. The summed E-state index contributed by atoms with van der Waals surface area (Å²) in [5.41, 5.74) is 0. The van der Waals surface area contributed by atoms with Gasteiger partial charge in [-0.05, 0) is 19.9 Å². The highest BCUT2D eigenvalue weighted by atomic mass is 16.6. The molecule has 0 amide bonds. The van der Waals surface area contributed by atoms with Gasteiger partial charge in [0.25, 0.3) is 6.17 Å². The fourth-order valence-corrected chi connectivity index (χ4v) is 1.14. The van der Waals surface area contributed by atoms with Gasteiger partial charge in [0, 0.05) is 17.9 Å². The Hall–Kier alpha value is -0.640. The van der Waals surface area contributed by atoms with Crippen molar-refractivity contribution in [1.82, 2.24) is 4.90 Å². The molecule has 4 nitrogen and oxygen atoms in total. The fourth-order valence-electron chi connectivity index (χ4n) is 1.14. The van der Waals surface area contributed by atoms with Crippen molar-refractivity contribution < 1.29 is 4.92 Å².